The van der Waals surface area contributed by atoms with Crippen molar-refractivity contribution in [1.82, 2.24) is 5.32 Å². The van der Waals surface area contributed by atoms with Crippen molar-refractivity contribution >= 4 is 24.4 Å². The number of rotatable bonds is 8. The van der Waals surface area contributed by atoms with Crippen molar-refractivity contribution in [2.24, 2.45) is 0 Å². The summed E-state index contributed by atoms with van der Waals surface area (Å²) in [6.45, 7) is 0.554. The van der Waals surface area contributed by atoms with Crippen LogP contribution in [0.15, 0.2) is 24.3 Å². The molecule has 0 aliphatic carbocycles. The molecule has 0 saturated heterocycles. The summed E-state index contributed by atoms with van der Waals surface area (Å²) >= 11 is 4.12. The number of carbonyl (C=O) groups excluding carboxylic acids is 1. The minimum absolute atomic E-state index is 0.0399. The number of non-ortho nitro benzene ring substituents is 1. The lowest BCUT2D eigenvalue weighted by molar-refractivity contribution is -0.384. The molecule has 0 saturated carbocycles. The minimum Gasteiger partial charge on any atom is -0.410 e. The zero-order chi connectivity index (χ0) is 14.8. The second kappa shape index (κ2) is 9.19. The Hall–Kier alpha value is -1.76. The van der Waals surface area contributed by atoms with Crippen molar-refractivity contribution in [2.75, 3.05) is 12.3 Å². The Balaban J connectivity index is 2.23. The highest BCUT2D eigenvalue weighted by atomic mass is 32.1. The maximum atomic E-state index is 11.4. The van der Waals surface area contributed by atoms with E-state index in [0.717, 1.165) is 31.4 Å². The molecule has 1 rings (SSSR count). The lowest BCUT2D eigenvalue weighted by Crippen LogP contribution is -2.27. The second-order valence-corrected chi connectivity index (χ2v) is 4.65. The van der Waals surface area contributed by atoms with E-state index in [0.29, 0.717) is 6.54 Å². The number of unbranched alkanes of at least 4 members (excludes halogenated alkanes) is 3. The average molecular weight is 298 g/mol. The average Bonchev–Trinajstić information content (AvgIpc) is 2.43. The molecule has 0 heterocycles. The normalized spacial score (nSPS) is 10.1. The molecule has 1 aromatic rings. The molecule has 6 nitrogen and oxygen atoms in total. The SMILES string of the molecule is O=C(NCCCCCCS)Oc1ccc([N+](=O)[O-])cc1. The molecular weight excluding hydrogens is 280 g/mol. The van der Waals surface area contributed by atoms with Gasteiger partial charge in [0, 0.05) is 18.7 Å². The Morgan fingerprint density at radius 1 is 1.20 bits per heavy atom. The number of nitrogens with one attached hydrogen (secondary N) is 1. The number of carbonyl (C=O) groups is 1. The van der Waals surface area contributed by atoms with Gasteiger partial charge in [-0.2, -0.15) is 12.6 Å². The molecule has 0 fully saturated rings. The fourth-order valence-electron chi connectivity index (χ4n) is 1.56. The largest absolute Gasteiger partial charge is 0.412 e. The monoisotopic (exact) mass is 298 g/mol. The lowest BCUT2D eigenvalue weighted by Gasteiger charge is -2.06. The number of benzene rings is 1. The van der Waals surface area contributed by atoms with Crippen LogP contribution in [0.3, 0.4) is 0 Å². The Kier molecular flexibility index (Phi) is 7.49. The summed E-state index contributed by atoms with van der Waals surface area (Å²) in [6, 6.07) is 5.37. The summed E-state index contributed by atoms with van der Waals surface area (Å²) in [7, 11) is 0. The Bertz CT molecular complexity index is 437. The second-order valence-electron chi connectivity index (χ2n) is 4.21. The van der Waals surface area contributed by atoms with Crippen molar-refractivity contribution in [2.45, 2.75) is 25.7 Å². The van der Waals surface area contributed by atoms with Gasteiger partial charge in [0.1, 0.15) is 5.75 Å². The zero-order valence-corrected chi connectivity index (χ0v) is 12.0. The molecule has 1 amide bonds. The van der Waals surface area contributed by atoms with Gasteiger partial charge < -0.3 is 10.1 Å². The zero-order valence-electron chi connectivity index (χ0n) is 11.1. The number of hydrogen-bond donors (Lipinski definition) is 2. The number of hydrogen-bond acceptors (Lipinski definition) is 5. The molecule has 0 radical (unpaired) electrons. The van der Waals surface area contributed by atoms with E-state index in [1.165, 1.54) is 24.3 Å². The molecule has 0 aliphatic heterocycles. The Morgan fingerprint density at radius 3 is 2.45 bits per heavy atom. The highest BCUT2D eigenvalue weighted by Crippen LogP contribution is 2.17. The maximum absolute atomic E-state index is 11.4. The van der Waals surface area contributed by atoms with Crippen LogP contribution in [0.4, 0.5) is 10.5 Å². The van der Waals surface area contributed by atoms with E-state index in [4.69, 9.17) is 4.74 Å². The van der Waals surface area contributed by atoms with E-state index in [1.807, 2.05) is 0 Å². The van der Waals surface area contributed by atoms with E-state index < -0.39 is 11.0 Å². The van der Waals surface area contributed by atoms with Crippen LogP contribution >= 0.6 is 12.6 Å². The van der Waals surface area contributed by atoms with Crippen molar-refractivity contribution in [3.05, 3.63) is 34.4 Å². The van der Waals surface area contributed by atoms with E-state index in [-0.39, 0.29) is 11.4 Å². The highest BCUT2D eigenvalue weighted by molar-refractivity contribution is 7.80. The third-order valence-corrected chi connectivity index (χ3v) is 2.93. The van der Waals surface area contributed by atoms with Gasteiger partial charge in [0.2, 0.25) is 0 Å². The number of nitrogens with zero attached hydrogens (tertiary/aromatic N) is 1. The van der Waals surface area contributed by atoms with E-state index in [2.05, 4.69) is 17.9 Å². The standard InChI is InChI=1S/C13H18N2O4S/c16-13(14-9-3-1-2-4-10-20)19-12-7-5-11(6-8-12)15(17)18/h5-8,20H,1-4,9-10H2,(H,14,16). The molecule has 0 aromatic heterocycles. The highest BCUT2D eigenvalue weighted by Gasteiger charge is 2.07. The third-order valence-electron chi connectivity index (χ3n) is 2.61. The number of amides is 1. The van der Waals surface area contributed by atoms with Crippen LogP contribution in [0.25, 0.3) is 0 Å². The molecule has 1 aromatic carbocycles. The van der Waals surface area contributed by atoms with Gasteiger partial charge in [0.05, 0.1) is 4.92 Å². The van der Waals surface area contributed by atoms with Gasteiger partial charge in [0.25, 0.3) is 5.69 Å². The van der Waals surface area contributed by atoms with E-state index in [1.54, 1.807) is 0 Å². The third kappa shape index (κ3) is 6.42. The summed E-state index contributed by atoms with van der Waals surface area (Å²) in [6.07, 6.45) is 3.56. The molecule has 0 unspecified atom stereocenters. The van der Waals surface area contributed by atoms with Crippen LogP contribution in [-0.4, -0.2) is 23.3 Å². The van der Waals surface area contributed by atoms with E-state index >= 15 is 0 Å². The summed E-state index contributed by atoms with van der Waals surface area (Å²) in [5.74, 6) is 1.17. The smallest absolute Gasteiger partial charge is 0.410 e. The Labute approximate surface area is 123 Å². The van der Waals surface area contributed by atoms with Crippen molar-refractivity contribution in [1.29, 1.82) is 0 Å². The van der Waals surface area contributed by atoms with Crippen molar-refractivity contribution < 1.29 is 14.5 Å². The quantitative estimate of drug-likeness (QED) is 0.334. The van der Waals surface area contributed by atoms with Crippen LogP contribution in [-0.2, 0) is 0 Å². The molecule has 0 aliphatic rings. The molecular formula is C13H18N2O4S. The first kappa shape index (κ1) is 16.3. The fourth-order valence-corrected chi connectivity index (χ4v) is 1.78. The molecule has 20 heavy (non-hydrogen) atoms. The van der Waals surface area contributed by atoms with Gasteiger partial charge in [-0.05, 0) is 30.7 Å². The topological polar surface area (TPSA) is 81.5 Å². The summed E-state index contributed by atoms with van der Waals surface area (Å²) in [5, 5.41) is 13.1. The van der Waals surface area contributed by atoms with Gasteiger partial charge in [0.15, 0.2) is 0 Å². The Morgan fingerprint density at radius 2 is 1.85 bits per heavy atom. The number of thiol groups is 1. The van der Waals surface area contributed by atoms with Crippen LogP contribution in [0.5, 0.6) is 5.75 Å². The van der Waals surface area contributed by atoms with Crippen LogP contribution in [0.1, 0.15) is 25.7 Å². The van der Waals surface area contributed by atoms with Gasteiger partial charge in [-0.15, -0.1) is 0 Å². The first-order chi connectivity index (χ1) is 9.63. The lowest BCUT2D eigenvalue weighted by atomic mass is 10.2. The number of nitro benzene ring substituents is 1. The van der Waals surface area contributed by atoms with Gasteiger partial charge >= 0.3 is 6.09 Å². The van der Waals surface area contributed by atoms with Crippen LogP contribution in [0.2, 0.25) is 0 Å². The summed E-state index contributed by atoms with van der Waals surface area (Å²) in [5.41, 5.74) is -0.0399. The number of nitro groups is 1. The van der Waals surface area contributed by atoms with Gasteiger partial charge in [-0.1, -0.05) is 12.8 Å². The first-order valence-electron chi connectivity index (χ1n) is 6.44. The maximum Gasteiger partial charge on any atom is 0.412 e. The predicted octanol–water partition coefficient (Wildman–Crippen LogP) is 3.17. The minimum atomic E-state index is -0.548. The summed E-state index contributed by atoms with van der Waals surface area (Å²) < 4.78 is 4.99. The molecule has 110 valence electrons. The van der Waals surface area contributed by atoms with Gasteiger partial charge in [-0.3, -0.25) is 10.1 Å². The molecule has 0 atom stereocenters. The predicted molar refractivity (Wildman–Crippen MR) is 79.4 cm³/mol. The first-order valence-corrected chi connectivity index (χ1v) is 7.07. The van der Waals surface area contributed by atoms with Crippen LogP contribution in [0, 0.1) is 10.1 Å². The number of ether oxygens (including phenoxy) is 1. The molecule has 1 N–H and O–H groups in total. The van der Waals surface area contributed by atoms with Crippen molar-refractivity contribution in [3.8, 4) is 5.75 Å². The van der Waals surface area contributed by atoms with Crippen LogP contribution < -0.4 is 10.1 Å². The molecule has 0 bridgehead atoms. The fraction of sp³-hybridized carbons (Fsp3) is 0.462. The van der Waals surface area contributed by atoms with Gasteiger partial charge in [-0.25, -0.2) is 4.79 Å². The summed E-state index contributed by atoms with van der Waals surface area (Å²) in [4.78, 5) is 21.4. The molecule has 7 heteroatoms. The van der Waals surface area contributed by atoms with E-state index in [9.17, 15) is 14.9 Å². The molecule has 0 spiro atoms. The van der Waals surface area contributed by atoms with Crippen molar-refractivity contribution in [3.63, 3.8) is 0 Å².